The lowest BCUT2D eigenvalue weighted by molar-refractivity contribution is -0.112. The van der Waals surface area contributed by atoms with E-state index in [9.17, 15) is 9.00 Å². The summed E-state index contributed by atoms with van der Waals surface area (Å²) in [5.74, 6) is -0.856. The van der Waals surface area contributed by atoms with Crippen LogP contribution in [0.15, 0.2) is 0 Å². The van der Waals surface area contributed by atoms with E-state index in [1.165, 1.54) is 6.92 Å². The molecule has 1 atom stereocenters. The normalized spacial score (nSPS) is 12.2. The van der Waals surface area contributed by atoms with Crippen LogP contribution in [0.3, 0.4) is 0 Å². The highest BCUT2D eigenvalue weighted by Gasteiger charge is 2.11. The maximum atomic E-state index is 10.2. The van der Waals surface area contributed by atoms with Gasteiger partial charge in [0.2, 0.25) is 0 Å². The molecule has 0 spiro atoms. The number of nitrogens with two attached hydrogens (primary N) is 1. The van der Waals surface area contributed by atoms with E-state index in [4.69, 9.17) is 10.8 Å². The van der Waals surface area contributed by atoms with Crippen LogP contribution in [0.5, 0.6) is 0 Å². The molecular formula is C4H7NO3S. The van der Waals surface area contributed by atoms with Gasteiger partial charge in [-0.3, -0.25) is 4.79 Å². The number of carbonyl (C=O) groups is 1. The van der Waals surface area contributed by atoms with Gasteiger partial charge in [-0.1, -0.05) is 0 Å². The zero-order valence-corrected chi connectivity index (χ0v) is 5.64. The van der Waals surface area contributed by atoms with Crippen molar-refractivity contribution in [3.8, 4) is 0 Å². The van der Waals surface area contributed by atoms with Gasteiger partial charge < -0.3 is 10.8 Å². The Morgan fingerprint density at radius 1 is 1.78 bits per heavy atom. The molecule has 0 rings (SSSR count). The molecule has 0 aliphatic heterocycles. The van der Waals surface area contributed by atoms with Crippen molar-refractivity contribution in [1.82, 2.24) is 0 Å². The van der Waals surface area contributed by atoms with Gasteiger partial charge in [0.15, 0.2) is 0 Å². The smallest absolute Gasteiger partial charge is 0.260 e. The van der Waals surface area contributed by atoms with Crippen molar-refractivity contribution in [3.63, 3.8) is 0 Å². The van der Waals surface area contributed by atoms with Crippen LogP contribution in [0.25, 0.3) is 0 Å². The van der Waals surface area contributed by atoms with Crippen LogP contribution in [0.1, 0.15) is 6.92 Å². The molecule has 52 valence electrons. The van der Waals surface area contributed by atoms with Gasteiger partial charge in [-0.2, -0.15) is 0 Å². The van der Waals surface area contributed by atoms with Crippen molar-refractivity contribution in [2.24, 2.45) is 5.73 Å². The van der Waals surface area contributed by atoms with Crippen molar-refractivity contribution < 1.29 is 14.1 Å². The van der Waals surface area contributed by atoms with Gasteiger partial charge in [0.1, 0.15) is 16.1 Å². The van der Waals surface area contributed by atoms with Crippen LogP contribution in [-0.4, -0.2) is 26.2 Å². The number of aliphatic hydroxyl groups excluding tert-OH is 1. The number of carbonyl (C=O) groups excluding carboxylic acids is 1. The molecule has 0 aliphatic rings. The fourth-order valence-electron chi connectivity index (χ4n) is 0.317. The number of aliphatic hydroxyl groups is 1. The first-order valence-corrected chi connectivity index (χ1v) is 2.98. The Balaban J connectivity index is 4.38. The Bertz CT molecular complexity index is 171. The van der Waals surface area contributed by atoms with Crippen LogP contribution in [0, 0.1) is 0 Å². The van der Waals surface area contributed by atoms with E-state index in [2.05, 4.69) is 0 Å². The Morgan fingerprint density at radius 2 is 2.22 bits per heavy atom. The summed E-state index contributed by atoms with van der Waals surface area (Å²) >= 11 is -0.0718. The quantitative estimate of drug-likeness (QED) is 0.456. The zero-order valence-electron chi connectivity index (χ0n) is 4.83. The molecule has 3 N–H and O–H groups in total. The lowest BCUT2D eigenvalue weighted by Crippen LogP contribution is -2.31. The molecule has 0 saturated heterocycles. The van der Waals surface area contributed by atoms with Crippen LogP contribution < -0.4 is 5.73 Å². The molecule has 0 fully saturated rings. The highest BCUT2D eigenvalue weighted by molar-refractivity contribution is 7.68. The molecule has 1 amide bonds. The number of hydrogen-bond acceptors (Lipinski definition) is 3. The average Bonchev–Trinajstić information content (AvgIpc) is 1.64. The van der Waals surface area contributed by atoms with Crippen molar-refractivity contribution in [2.75, 3.05) is 0 Å². The minimum Gasteiger partial charge on any atom is -0.388 e. The summed E-state index contributed by atoms with van der Waals surface area (Å²) in [5, 5.41) is 8.62. The lowest BCUT2D eigenvalue weighted by Gasteiger charge is -1.98. The Kier molecular flexibility index (Phi) is 3.11. The number of hydrogen-bond donors (Lipinski definition) is 2. The second kappa shape index (κ2) is 3.37. The fraction of sp³-hybridized carbons (Fsp3) is 0.500. The Hall–Kier alpha value is -0.680. The lowest BCUT2D eigenvalue weighted by atomic mass is 10.3. The minimum absolute atomic E-state index is 0.0718. The van der Waals surface area contributed by atoms with Crippen molar-refractivity contribution >= 4 is 22.0 Å². The van der Waals surface area contributed by atoms with E-state index in [1.807, 2.05) is 0 Å². The van der Waals surface area contributed by atoms with Crippen LogP contribution in [0.2, 0.25) is 0 Å². The van der Waals surface area contributed by atoms with E-state index in [0.717, 1.165) is 0 Å². The highest BCUT2D eigenvalue weighted by Crippen LogP contribution is 1.81. The summed E-state index contributed by atoms with van der Waals surface area (Å²) in [7, 11) is 0. The average molecular weight is 149 g/mol. The summed E-state index contributed by atoms with van der Waals surface area (Å²) in [5.41, 5.74) is 4.69. The number of amides is 1. The summed E-state index contributed by atoms with van der Waals surface area (Å²) < 4.78 is 9.93. The molecule has 0 radical (unpaired) electrons. The maximum Gasteiger partial charge on any atom is 0.260 e. The van der Waals surface area contributed by atoms with Gasteiger partial charge in [0.25, 0.3) is 5.91 Å². The van der Waals surface area contributed by atoms with E-state index in [1.54, 1.807) is 0 Å². The van der Waals surface area contributed by atoms with Gasteiger partial charge in [-0.05, 0) is 6.92 Å². The van der Waals surface area contributed by atoms with E-state index < -0.39 is 12.0 Å². The van der Waals surface area contributed by atoms with E-state index >= 15 is 0 Å². The molecular weight excluding hydrogens is 142 g/mol. The number of primary amides is 1. The summed E-state index contributed by atoms with van der Waals surface area (Å²) in [6.07, 6.45) is -1.05. The van der Waals surface area contributed by atoms with Crippen molar-refractivity contribution in [3.05, 3.63) is 0 Å². The van der Waals surface area contributed by atoms with Crippen LogP contribution in [0.4, 0.5) is 0 Å². The standard InChI is InChI=1S/C4H7NO3S/c1-2(6)3(9-8)4(5)7/h2,6H,1H3,(H2,5,7). The minimum atomic E-state index is -1.05. The van der Waals surface area contributed by atoms with Crippen LogP contribution >= 0.6 is 0 Å². The topological polar surface area (TPSA) is 80.4 Å². The molecule has 1 unspecified atom stereocenters. The monoisotopic (exact) mass is 149 g/mol. The van der Waals surface area contributed by atoms with Gasteiger partial charge >= 0.3 is 0 Å². The largest absolute Gasteiger partial charge is 0.388 e. The fourth-order valence-corrected chi connectivity index (χ4v) is 0.538. The molecule has 5 heteroatoms. The molecule has 0 heterocycles. The molecule has 0 saturated carbocycles. The first kappa shape index (κ1) is 8.32. The van der Waals surface area contributed by atoms with Gasteiger partial charge in [0.05, 0.1) is 6.10 Å². The summed E-state index contributed by atoms with van der Waals surface area (Å²) in [6, 6.07) is 0. The maximum absolute atomic E-state index is 10.2. The predicted octanol–water partition coefficient (Wildman–Crippen LogP) is -1.76. The number of rotatable bonds is 2. The molecule has 0 aromatic heterocycles. The van der Waals surface area contributed by atoms with Gasteiger partial charge in [-0.15, -0.1) is 0 Å². The molecule has 0 aliphatic carbocycles. The van der Waals surface area contributed by atoms with Crippen molar-refractivity contribution in [1.29, 1.82) is 0 Å². The molecule has 4 nitrogen and oxygen atoms in total. The molecule has 0 aromatic carbocycles. The Morgan fingerprint density at radius 3 is 2.22 bits per heavy atom. The molecule has 9 heavy (non-hydrogen) atoms. The predicted molar refractivity (Wildman–Crippen MR) is 34.0 cm³/mol. The van der Waals surface area contributed by atoms with Crippen LogP contribution in [-0.2, 0) is 16.1 Å². The second-order valence-electron chi connectivity index (χ2n) is 1.49. The second-order valence-corrected chi connectivity index (χ2v) is 2.09. The summed E-state index contributed by atoms with van der Waals surface area (Å²) in [4.78, 5) is 9.92. The zero-order chi connectivity index (χ0) is 7.44. The summed E-state index contributed by atoms with van der Waals surface area (Å²) in [6.45, 7) is 1.31. The first-order chi connectivity index (χ1) is 4.09. The molecule has 0 aromatic rings. The third-order valence-electron chi connectivity index (χ3n) is 0.712. The van der Waals surface area contributed by atoms with Gasteiger partial charge in [-0.25, -0.2) is 4.21 Å². The van der Waals surface area contributed by atoms with E-state index in [0.29, 0.717) is 0 Å². The highest BCUT2D eigenvalue weighted by atomic mass is 32.1. The molecule has 0 bridgehead atoms. The van der Waals surface area contributed by atoms with Crippen molar-refractivity contribution in [2.45, 2.75) is 13.0 Å². The SMILES string of the molecule is CC(O)C(=S=O)C(N)=O. The first-order valence-electron chi connectivity index (χ1n) is 2.24. The third-order valence-corrected chi connectivity index (χ3v) is 1.43. The van der Waals surface area contributed by atoms with E-state index in [-0.39, 0.29) is 16.1 Å². The third kappa shape index (κ3) is 2.39. The van der Waals surface area contributed by atoms with Gasteiger partial charge in [0, 0.05) is 0 Å². The Labute approximate surface area is 55.7 Å².